The second-order valence-corrected chi connectivity index (χ2v) is 4.66. The number of benzene rings is 1. The van der Waals surface area contributed by atoms with Crippen LogP contribution in [0.5, 0.6) is 0 Å². The molecule has 0 aliphatic heterocycles. The zero-order valence-corrected chi connectivity index (χ0v) is 11.1. The van der Waals surface area contributed by atoms with Gasteiger partial charge in [0.15, 0.2) is 0 Å². The van der Waals surface area contributed by atoms with Crippen LogP contribution >= 0.6 is 0 Å². The van der Waals surface area contributed by atoms with Crippen molar-refractivity contribution in [1.29, 1.82) is 0 Å². The average Bonchev–Trinajstić information content (AvgIpc) is 2.38. The van der Waals surface area contributed by atoms with Crippen LogP contribution in [0.3, 0.4) is 0 Å². The summed E-state index contributed by atoms with van der Waals surface area (Å²) in [5.41, 5.74) is 5.22. The van der Waals surface area contributed by atoms with Crippen LogP contribution in [-0.4, -0.2) is 11.5 Å². The van der Waals surface area contributed by atoms with E-state index in [1.54, 1.807) is 0 Å². The van der Waals surface area contributed by atoms with Gasteiger partial charge in [0.25, 0.3) is 0 Å². The lowest BCUT2D eigenvalue weighted by Gasteiger charge is -2.12. The van der Waals surface area contributed by atoms with Gasteiger partial charge in [0.1, 0.15) is 0 Å². The minimum absolute atomic E-state index is 1.00. The number of aryl methyl sites for hydroxylation is 3. The van der Waals surface area contributed by atoms with E-state index in [-0.39, 0.29) is 0 Å². The summed E-state index contributed by atoms with van der Waals surface area (Å²) in [7, 11) is 0. The van der Waals surface area contributed by atoms with Gasteiger partial charge in [0.05, 0.1) is 0 Å². The lowest BCUT2D eigenvalue weighted by atomic mass is 10.1. The number of hydrogen-bond donors (Lipinski definition) is 1. The molecule has 0 unspecified atom stereocenters. The molecule has 0 aliphatic rings. The molecule has 0 atom stereocenters. The van der Waals surface area contributed by atoms with E-state index in [1.165, 1.54) is 22.4 Å². The van der Waals surface area contributed by atoms with Crippen molar-refractivity contribution in [3.8, 4) is 0 Å². The number of aromatic nitrogens is 1. The van der Waals surface area contributed by atoms with Gasteiger partial charge < -0.3 is 5.32 Å². The van der Waals surface area contributed by atoms with Crippen LogP contribution in [0.4, 0.5) is 5.69 Å². The first-order valence-electron chi connectivity index (χ1n) is 6.46. The van der Waals surface area contributed by atoms with Gasteiger partial charge >= 0.3 is 0 Å². The van der Waals surface area contributed by atoms with Crippen molar-refractivity contribution >= 4 is 5.69 Å². The molecule has 1 aromatic heterocycles. The Bertz CT molecular complexity index is 471. The molecule has 1 heterocycles. The molecule has 0 saturated carbocycles. The van der Waals surface area contributed by atoms with E-state index in [0.29, 0.717) is 0 Å². The highest BCUT2D eigenvalue weighted by Gasteiger charge is 2.00. The van der Waals surface area contributed by atoms with E-state index in [1.807, 2.05) is 18.5 Å². The smallest absolute Gasteiger partial charge is 0.0399 e. The summed E-state index contributed by atoms with van der Waals surface area (Å²) in [6, 6.07) is 10.5. The molecular formula is C16H20N2. The van der Waals surface area contributed by atoms with Crippen LogP contribution < -0.4 is 5.32 Å². The molecule has 0 bridgehead atoms. The molecule has 0 amide bonds. The first kappa shape index (κ1) is 12.6. The van der Waals surface area contributed by atoms with Crippen LogP contribution in [0.2, 0.25) is 0 Å². The molecule has 0 fully saturated rings. The summed E-state index contributed by atoms with van der Waals surface area (Å²) in [6.45, 7) is 5.30. The minimum Gasteiger partial charge on any atom is -0.385 e. The summed E-state index contributed by atoms with van der Waals surface area (Å²) in [4.78, 5) is 4.13. The molecular weight excluding hydrogens is 220 g/mol. The Morgan fingerprint density at radius 2 is 1.83 bits per heavy atom. The number of rotatable bonds is 5. The quantitative estimate of drug-likeness (QED) is 0.805. The van der Waals surface area contributed by atoms with Crippen molar-refractivity contribution < 1.29 is 0 Å². The lowest BCUT2D eigenvalue weighted by molar-refractivity contribution is 0.856. The first-order chi connectivity index (χ1) is 8.77. The molecule has 2 aromatic rings. The third-order valence-electron chi connectivity index (χ3n) is 3.15. The summed E-state index contributed by atoms with van der Waals surface area (Å²) < 4.78 is 0. The van der Waals surface area contributed by atoms with E-state index >= 15 is 0 Å². The molecule has 18 heavy (non-hydrogen) atoms. The Morgan fingerprint density at radius 3 is 2.50 bits per heavy atom. The fourth-order valence-corrected chi connectivity index (χ4v) is 2.15. The molecule has 2 nitrogen and oxygen atoms in total. The van der Waals surface area contributed by atoms with Gasteiger partial charge in [-0.2, -0.15) is 0 Å². The van der Waals surface area contributed by atoms with Crippen LogP contribution in [-0.2, 0) is 6.42 Å². The number of hydrogen-bond acceptors (Lipinski definition) is 2. The van der Waals surface area contributed by atoms with Crippen molar-refractivity contribution in [3.05, 3.63) is 59.4 Å². The van der Waals surface area contributed by atoms with Gasteiger partial charge in [-0.15, -0.1) is 0 Å². The number of nitrogens with one attached hydrogen (secondary N) is 1. The second-order valence-electron chi connectivity index (χ2n) is 4.66. The van der Waals surface area contributed by atoms with Gasteiger partial charge in [0, 0.05) is 24.6 Å². The van der Waals surface area contributed by atoms with Gasteiger partial charge in [0.2, 0.25) is 0 Å². The molecule has 0 spiro atoms. The fraction of sp³-hybridized carbons (Fsp3) is 0.312. The summed E-state index contributed by atoms with van der Waals surface area (Å²) >= 11 is 0. The van der Waals surface area contributed by atoms with Crippen molar-refractivity contribution in [1.82, 2.24) is 4.98 Å². The predicted molar refractivity (Wildman–Crippen MR) is 77.0 cm³/mol. The summed E-state index contributed by atoms with van der Waals surface area (Å²) in [5, 5.41) is 3.53. The maximum atomic E-state index is 4.13. The normalized spacial score (nSPS) is 10.3. The predicted octanol–water partition coefficient (Wildman–Crippen LogP) is 3.74. The Balaban J connectivity index is 1.82. The zero-order chi connectivity index (χ0) is 12.8. The molecule has 0 aliphatic carbocycles. The fourth-order valence-electron chi connectivity index (χ4n) is 2.15. The summed E-state index contributed by atoms with van der Waals surface area (Å²) in [6.07, 6.45) is 5.96. The van der Waals surface area contributed by atoms with E-state index in [2.05, 4.69) is 48.4 Å². The monoisotopic (exact) mass is 240 g/mol. The molecule has 2 heteroatoms. The second kappa shape index (κ2) is 6.20. The molecule has 1 aromatic carbocycles. The molecule has 0 saturated heterocycles. The zero-order valence-electron chi connectivity index (χ0n) is 11.1. The van der Waals surface area contributed by atoms with Crippen molar-refractivity contribution in [3.63, 3.8) is 0 Å². The van der Waals surface area contributed by atoms with Gasteiger partial charge in [-0.25, -0.2) is 0 Å². The third kappa shape index (κ3) is 3.33. The molecule has 94 valence electrons. The van der Waals surface area contributed by atoms with Gasteiger partial charge in [-0.05, 0) is 49.4 Å². The number of anilines is 1. The standard InChI is InChI=1S/C16H20N2/c1-13-6-3-7-14(2)16(13)18-11-5-9-15-8-4-10-17-12-15/h3-4,6-8,10,12,18H,5,9,11H2,1-2H3. The third-order valence-corrected chi connectivity index (χ3v) is 3.15. The van der Waals surface area contributed by atoms with Crippen LogP contribution in [0.1, 0.15) is 23.1 Å². The maximum Gasteiger partial charge on any atom is 0.0399 e. The number of pyridine rings is 1. The van der Waals surface area contributed by atoms with Crippen molar-refractivity contribution in [2.75, 3.05) is 11.9 Å². The summed E-state index contributed by atoms with van der Waals surface area (Å²) in [5.74, 6) is 0. The van der Waals surface area contributed by atoms with Crippen LogP contribution in [0.25, 0.3) is 0 Å². The molecule has 0 radical (unpaired) electrons. The van der Waals surface area contributed by atoms with Crippen LogP contribution in [0, 0.1) is 13.8 Å². The van der Waals surface area contributed by atoms with E-state index in [4.69, 9.17) is 0 Å². The largest absolute Gasteiger partial charge is 0.385 e. The number of para-hydroxylation sites is 1. The van der Waals surface area contributed by atoms with Gasteiger partial charge in [-0.1, -0.05) is 24.3 Å². The van der Waals surface area contributed by atoms with E-state index in [9.17, 15) is 0 Å². The van der Waals surface area contributed by atoms with Gasteiger partial charge in [-0.3, -0.25) is 4.98 Å². The van der Waals surface area contributed by atoms with Crippen molar-refractivity contribution in [2.45, 2.75) is 26.7 Å². The Morgan fingerprint density at radius 1 is 1.06 bits per heavy atom. The van der Waals surface area contributed by atoms with Crippen molar-refractivity contribution in [2.24, 2.45) is 0 Å². The van der Waals surface area contributed by atoms with Crippen LogP contribution in [0.15, 0.2) is 42.7 Å². The first-order valence-corrected chi connectivity index (χ1v) is 6.46. The topological polar surface area (TPSA) is 24.9 Å². The highest BCUT2D eigenvalue weighted by molar-refractivity contribution is 5.56. The Labute approximate surface area is 109 Å². The highest BCUT2D eigenvalue weighted by Crippen LogP contribution is 2.19. The highest BCUT2D eigenvalue weighted by atomic mass is 14.9. The van der Waals surface area contributed by atoms with E-state index in [0.717, 1.165) is 19.4 Å². The minimum atomic E-state index is 1.00. The molecule has 1 N–H and O–H groups in total. The molecule has 2 rings (SSSR count). The van der Waals surface area contributed by atoms with E-state index < -0.39 is 0 Å². The SMILES string of the molecule is Cc1cccc(C)c1NCCCc1cccnc1. The number of nitrogens with zero attached hydrogens (tertiary/aromatic N) is 1. The lowest BCUT2D eigenvalue weighted by Crippen LogP contribution is -2.05. The average molecular weight is 240 g/mol. The Hall–Kier alpha value is -1.83. The Kier molecular flexibility index (Phi) is 4.35. The maximum absolute atomic E-state index is 4.13.